The molecule has 0 spiro atoms. The van der Waals surface area contributed by atoms with Gasteiger partial charge in [0.25, 0.3) is 5.56 Å². The second-order valence-corrected chi connectivity index (χ2v) is 8.52. The second-order valence-electron chi connectivity index (χ2n) is 8.52. The van der Waals surface area contributed by atoms with E-state index in [2.05, 4.69) is 16.9 Å². The van der Waals surface area contributed by atoms with Gasteiger partial charge in [-0.1, -0.05) is 30.8 Å². The van der Waals surface area contributed by atoms with Gasteiger partial charge in [-0.15, -0.1) is 0 Å². The summed E-state index contributed by atoms with van der Waals surface area (Å²) in [6.07, 6.45) is 2.27. The van der Waals surface area contributed by atoms with Crippen LogP contribution in [0.1, 0.15) is 44.9 Å². The average molecular weight is 409 g/mol. The normalized spacial score (nSPS) is 16.3. The molecule has 1 saturated carbocycles. The van der Waals surface area contributed by atoms with Crippen LogP contribution in [0.15, 0.2) is 60.0 Å². The highest BCUT2D eigenvalue weighted by molar-refractivity contribution is 5.78. The molecular formula is C24H25F2N3O. The summed E-state index contributed by atoms with van der Waals surface area (Å²) >= 11 is 0. The quantitative estimate of drug-likeness (QED) is 0.622. The number of fused-ring (bicyclic) bond motifs is 1. The summed E-state index contributed by atoms with van der Waals surface area (Å²) in [5.74, 6) is 0. The first-order valence-electron chi connectivity index (χ1n) is 10.0. The Balaban J connectivity index is 1.70. The fourth-order valence-corrected chi connectivity index (χ4v) is 3.64. The number of nitrogens with one attached hydrogen (secondary N) is 1. The lowest BCUT2D eigenvalue weighted by molar-refractivity contribution is 0.214. The molecule has 1 unspecified atom stereocenters. The minimum atomic E-state index is -1.72. The number of halogens is 2. The molecule has 1 fully saturated rings. The van der Waals surface area contributed by atoms with Gasteiger partial charge in [0, 0.05) is 23.5 Å². The minimum absolute atomic E-state index is 0.101. The van der Waals surface area contributed by atoms with Crippen LogP contribution in [0.5, 0.6) is 0 Å². The molecule has 0 bridgehead atoms. The average Bonchev–Trinajstić information content (AvgIpc) is 3.48. The van der Waals surface area contributed by atoms with Crippen LogP contribution in [0.4, 0.5) is 8.78 Å². The van der Waals surface area contributed by atoms with E-state index in [-0.39, 0.29) is 11.3 Å². The molecule has 2 aromatic heterocycles. The van der Waals surface area contributed by atoms with Crippen molar-refractivity contribution in [1.82, 2.24) is 14.7 Å². The number of benzene rings is 1. The molecular weight excluding hydrogens is 384 g/mol. The van der Waals surface area contributed by atoms with Gasteiger partial charge in [-0.3, -0.25) is 9.20 Å². The molecule has 0 radical (unpaired) electrons. The maximum Gasteiger partial charge on any atom is 0.258 e. The summed E-state index contributed by atoms with van der Waals surface area (Å²) in [5, 5.41) is 3.23. The van der Waals surface area contributed by atoms with Gasteiger partial charge in [0.2, 0.25) is 0 Å². The molecule has 30 heavy (non-hydrogen) atoms. The summed E-state index contributed by atoms with van der Waals surface area (Å²) in [4.78, 5) is 16.9. The van der Waals surface area contributed by atoms with E-state index in [0.29, 0.717) is 11.3 Å². The molecule has 1 aliphatic rings. The molecule has 4 rings (SSSR count). The lowest BCUT2D eigenvalue weighted by Gasteiger charge is -2.22. The standard InChI is InChI=1S/C24H25F2N3O/c1-15(28-24(11-12-24)16(2)25)17-7-9-18(10-8-17)19-6-5-13-29-21(30)14-20(23(3,4)26)27-22(19)29/h5-10,13-14,16,28H,1,11-12H2,2-4H3. The van der Waals surface area contributed by atoms with E-state index < -0.39 is 17.4 Å². The van der Waals surface area contributed by atoms with E-state index in [1.54, 1.807) is 19.2 Å². The summed E-state index contributed by atoms with van der Waals surface area (Å²) in [5.41, 5.74) is 1.06. The van der Waals surface area contributed by atoms with E-state index >= 15 is 0 Å². The Bertz CT molecular complexity index is 1170. The summed E-state index contributed by atoms with van der Waals surface area (Å²) in [6, 6.07) is 12.4. The van der Waals surface area contributed by atoms with Crippen molar-refractivity contribution in [2.24, 2.45) is 0 Å². The molecule has 1 aromatic carbocycles. The Hall–Kier alpha value is -3.02. The van der Waals surface area contributed by atoms with Crippen molar-refractivity contribution in [3.8, 4) is 11.1 Å². The van der Waals surface area contributed by atoms with Crippen LogP contribution in [0.2, 0.25) is 0 Å². The number of pyridine rings is 1. The van der Waals surface area contributed by atoms with Crippen LogP contribution in [-0.2, 0) is 5.67 Å². The predicted molar refractivity (Wildman–Crippen MR) is 116 cm³/mol. The Morgan fingerprint density at radius 1 is 1.27 bits per heavy atom. The van der Waals surface area contributed by atoms with Crippen molar-refractivity contribution in [3.05, 3.63) is 76.9 Å². The third kappa shape index (κ3) is 3.62. The lowest BCUT2D eigenvalue weighted by Crippen LogP contribution is -2.37. The first kappa shape index (κ1) is 20.3. The third-order valence-electron chi connectivity index (χ3n) is 5.79. The fraction of sp³-hybridized carbons (Fsp3) is 0.333. The van der Waals surface area contributed by atoms with Crippen molar-refractivity contribution in [2.75, 3.05) is 0 Å². The molecule has 2 heterocycles. The highest BCUT2D eigenvalue weighted by Gasteiger charge is 2.48. The number of nitrogens with zero attached hydrogens (tertiary/aromatic N) is 2. The Morgan fingerprint density at radius 3 is 2.50 bits per heavy atom. The van der Waals surface area contributed by atoms with Crippen LogP contribution in [0.25, 0.3) is 22.5 Å². The molecule has 0 aliphatic heterocycles. The van der Waals surface area contributed by atoms with Gasteiger partial charge in [0.05, 0.1) is 11.2 Å². The van der Waals surface area contributed by atoms with Crippen molar-refractivity contribution >= 4 is 11.3 Å². The Morgan fingerprint density at radius 2 is 1.93 bits per heavy atom. The van der Waals surface area contributed by atoms with Crippen LogP contribution in [-0.4, -0.2) is 21.1 Å². The molecule has 156 valence electrons. The van der Waals surface area contributed by atoms with Gasteiger partial charge in [-0.2, -0.15) is 0 Å². The zero-order valence-corrected chi connectivity index (χ0v) is 17.4. The maximum absolute atomic E-state index is 14.4. The van der Waals surface area contributed by atoms with E-state index in [1.807, 2.05) is 30.3 Å². The van der Waals surface area contributed by atoms with Gasteiger partial charge in [0.1, 0.15) is 17.5 Å². The highest BCUT2D eigenvalue weighted by atomic mass is 19.1. The number of hydrogen-bond acceptors (Lipinski definition) is 3. The van der Waals surface area contributed by atoms with Crippen LogP contribution in [0, 0.1) is 0 Å². The van der Waals surface area contributed by atoms with Crippen molar-refractivity contribution in [3.63, 3.8) is 0 Å². The molecule has 0 amide bonds. The fourth-order valence-electron chi connectivity index (χ4n) is 3.64. The second kappa shape index (κ2) is 7.04. The van der Waals surface area contributed by atoms with Crippen molar-refractivity contribution < 1.29 is 8.78 Å². The van der Waals surface area contributed by atoms with Gasteiger partial charge in [0.15, 0.2) is 0 Å². The SMILES string of the molecule is C=C(NC1(C(C)F)CC1)c1ccc(-c2cccn3c(=O)cc(C(C)(C)F)nc23)cc1. The minimum Gasteiger partial charge on any atom is -0.377 e. The summed E-state index contributed by atoms with van der Waals surface area (Å²) < 4.78 is 29.7. The number of aromatic nitrogens is 2. The van der Waals surface area contributed by atoms with Crippen LogP contribution >= 0.6 is 0 Å². The zero-order chi connectivity index (χ0) is 21.7. The Labute approximate surface area is 174 Å². The smallest absolute Gasteiger partial charge is 0.258 e. The lowest BCUT2D eigenvalue weighted by atomic mass is 10.0. The van der Waals surface area contributed by atoms with E-state index in [4.69, 9.17) is 0 Å². The van der Waals surface area contributed by atoms with E-state index in [1.165, 1.54) is 24.3 Å². The summed E-state index contributed by atoms with van der Waals surface area (Å²) in [7, 11) is 0. The van der Waals surface area contributed by atoms with Gasteiger partial charge in [-0.25, -0.2) is 13.8 Å². The zero-order valence-electron chi connectivity index (χ0n) is 17.4. The molecule has 1 N–H and O–H groups in total. The monoisotopic (exact) mass is 409 g/mol. The van der Waals surface area contributed by atoms with Gasteiger partial charge < -0.3 is 5.32 Å². The van der Waals surface area contributed by atoms with Crippen LogP contribution in [0.3, 0.4) is 0 Å². The maximum atomic E-state index is 14.4. The molecule has 4 nitrogen and oxygen atoms in total. The highest BCUT2D eigenvalue weighted by Crippen LogP contribution is 2.41. The third-order valence-corrected chi connectivity index (χ3v) is 5.79. The topological polar surface area (TPSA) is 46.4 Å². The van der Waals surface area contributed by atoms with Gasteiger partial charge in [-0.05, 0) is 56.9 Å². The number of hydrogen-bond donors (Lipinski definition) is 1. The van der Waals surface area contributed by atoms with E-state index in [9.17, 15) is 13.6 Å². The van der Waals surface area contributed by atoms with Crippen molar-refractivity contribution in [2.45, 2.75) is 51.0 Å². The largest absolute Gasteiger partial charge is 0.377 e. The molecule has 1 aliphatic carbocycles. The molecule has 0 saturated heterocycles. The van der Waals surface area contributed by atoms with E-state index in [0.717, 1.165) is 29.5 Å². The predicted octanol–water partition coefficient (Wildman–Crippen LogP) is 5.02. The molecule has 6 heteroatoms. The Kier molecular flexibility index (Phi) is 4.76. The van der Waals surface area contributed by atoms with Gasteiger partial charge >= 0.3 is 0 Å². The first-order chi connectivity index (χ1) is 14.1. The number of rotatable bonds is 6. The molecule has 3 aromatic rings. The first-order valence-corrected chi connectivity index (χ1v) is 10.0. The molecule has 1 atom stereocenters. The van der Waals surface area contributed by atoms with Crippen LogP contribution < -0.4 is 10.9 Å². The van der Waals surface area contributed by atoms with Crippen molar-refractivity contribution in [1.29, 1.82) is 0 Å². The number of alkyl halides is 2. The summed E-state index contributed by atoms with van der Waals surface area (Å²) in [6.45, 7) is 8.39.